The van der Waals surface area contributed by atoms with Gasteiger partial charge in [-0.25, -0.2) is 0 Å². The normalized spacial score (nSPS) is 25.6. The molecule has 3 rings (SSSR count). The second-order valence-corrected chi connectivity index (χ2v) is 9.73. The van der Waals surface area contributed by atoms with E-state index in [4.69, 9.17) is 0 Å². The molecule has 2 aliphatic rings. The minimum Gasteiger partial charge on any atom is -0.508 e. The van der Waals surface area contributed by atoms with Gasteiger partial charge in [-0.15, -0.1) is 0 Å². The number of β-amino-alcohol motifs (C(OH)–C–C–N with tert-alkyl or cyclic N) is 1. The summed E-state index contributed by atoms with van der Waals surface area (Å²) in [5.41, 5.74) is 1.11. The van der Waals surface area contributed by atoms with Gasteiger partial charge in [-0.05, 0) is 56.6 Å². The molecule has 178 valence electrons. The van der Waals surface area contributed by atoms with Crippen molar-refractivity contribution in [2.45, 2.75) is 90.3 Å². The molecule has 3 N–H and O–H groups in total. The molecule has 2 fully saturated rings. The van der Waals surface area contributed by atoms with Crippen molar-refractivity contribution in [3.05, 3.63) is 29.3 Å². The van der Waals surface area contributed by atoms with Gasteiger partial charge in [0.25, 0.3) is 5.91 Å². The number of likely N-dealkylation sites (tertiary alicyclic amines) is 1. The molecular weight excluding hydrogens is 404 g/mol. The van der Waals surface area contributed by atoms with E-state index in [9.17, 15) is 19.8 Å². The quantitative estimate of drug-likeness (QED) is 0.541. The highest BCUT2D eigenvalue weighted by molar-refractivity contribution is 5.96. The van der Waals surface area contributed by atoms with Gasteiger partial charge in [0.1, 0.15) is 11.5 Å². The highest BCUT2D eigenvalue weighted by Gasteiger charge is 2.39. The summed E-state index contributed by atoms with van der Waals surface area (Å²) in [4.78, 5) is 27.6. The first-order valence-electron chi connectivity index (χ1n) is 12.4. The first kappa shape index (κ1) is 24.7. The van der Waals surface area contributed by atoms with E-state index in [1.54, 1.807) is 25.1 Å². The number of carbonyl (C=O) groups excluding carboxylic acids is 2. The summed E-state index contributed by atoms with van der Waals surface area (Å²) in [6.45, 7) is 6.84. The SMILES string of the molecule is CCCc1c(O)cccc1C(=O)NC(CC)C(O)CN1CC2CCCCC2CC1C(C)=O. The number of aliphatic hydroxyl groups excluding tert-OH is 1. The van der Waals surface area contributed by atoms with Crippen LogP contribution in [0.15, 0.2) is 18.2 Å². The number of fused-ring (bicyclic) bond motifs is 1. The molecule has 1 heterocycles. The van der Waals surface area contributed by atoms with E-state index in [-0.39, 0.29) is 23.5 Å². The molecule has 5 atom stereocenters. The van der Waals surface area contributed by atoms with E-state index < -0.39 is 12.1 Å². The summed E-state index contributed by atoms with van der Waals surface area (Å²) >= 11 is 0. The van der Waals surface area contributed by atoms with Crippen LogP contribution in [-0.2, 0) is 11.2 Å². The van der Waals surface area contributed by atoms with Crippen LogP contribution in [0.1, 0.15) is 81.6 Å². The Hall–Kier alpha value is -1.92. The van der Waals surface area contributed by atoms with E-state index in [2.05, 4.69) is 10.2 Å². The Kier molecular flexibility index (Phi) is 8.72. The smallest absolute Gasteiger partial charge is 0.252 e. The molecule has 0 spiro atoms. The molecule has 1 aromatic carbocycles. The maximum absolute atomic E-state index is 13.0. The molecule has 1 saturated heterocycles. The molecule has 6 nitrogen and oxygen atoms in total. The van der Waals surface area contributed by atoms with Crippen LogP contribution >= 0.6 is 0 Å². The predicted octanol–water partition coefficient (Wildman–Crippen LogP) is 3.68. The molecular formula is C26H40N2O4. The number of nitrogens with one attached hydrogen (secondary N) is 1. The van der Waals surface area contributed by atoms with Gasteiger partial charge >= 0.3 is 0 Å². The number of rotatable bonds is 9. The van der Waals surface area contributed by atoms with Crippen molar-refractivity contribution in [1.29, 1.82) is 0 Å². The molecule has 32 heavy (non-hydrogen) atoms. The van der Waals surface area contributed by atoms with Crippen LogP contribution in [0.3, 0.4) is 0 Å². The van der Waals surface area contributed by atoms with Gasteiger partial charge in [0.2, 0.25) is 0 Å². The third kappa shape index (κ3) is 5.70. The number of phenols is 1. The minimum atomic E-state index is -0.766. The van der Waals surface area contributed by atoms with E-state index in [1.807, 2.05) is 13.8 Å². The molecule has 0 aromatic heterocycles. The summed E-state index contributed by atoms with van der Waals surface area (Å²) in [7, 11) is 0. The maximum atomic E-state index is 13.0. The molecule has 1 saturated carbocycles. The Balaban J connectivity index is 1.69. The summed E-state index contributed by atoms with van der Waals surface area (Å²) in [5, 5.41) is 24.2. The third-order valence-electron chi connectivity index (χ3n) is 7.51. The lowest BCUT2D eigenvalue weighted by Gasteiger charge is -2.46. The van der Waals surface area contributed by atoms with E-state index in [1.165, 1.54) is 25.7 Å². The van der Waals surface area contributed by atoms with Crippen LogP contribution in [0.5, 0.6) is 5.75 Å². The number of hydrogen-bond acceptors (Lipinski definition) is 5. The van der Waals surface area contributed by atoms with Gasteiger partial charge in [-0.2, -0.15) is 0 Å². The van der Waals surface area contributed by atoms with Crippen LogP contribution in [0.4, 0.5) is 0 Å². The van der Waals surface area contributed by atoms with Crippen molar-refractivity contribution in [3.63, 3.8) is 0 Å². The van der Waals surface area contributed by atoms with Crippen molar-refractivity contribution < 1.29 is 19.8 Å². The summed E-state index contributed by atoms with van der Waals surface area (Å²) < 4.78 is 0. The Labute approximate surface area is 192 Å². The average Bonchev–Trinajstić information content (AvgIpc) is 2.78. The molecule has 1 aromatic rings. The van der Waals surface area contributed by atoms with Gasteiger partial charge < -0.3 is 15.5 Å². The zero-order valence-corrected chi connectivity index (χ0v) is 19.8. The molecule has 0 bridgehead atoms. The molecule has 5 unspecified atom stereocenters. The number of aromatic hydroxyl groups is 1. The standard InChI is InChI=1S/C26H40N2O4/c1-4-9-20-21(12-8-13-24(20)30)26(32)27-22(5-2)25(31)16-28-15-19-11-7-6-10-18(19)14-23(28)17(3)29/h8,12-13,18-19,22-23,25,30-31H,4-7,9-11,14-16H2,1-3H3,(H,27,32). The summed E-state index contributed by atoms with van der Waals surface area (Å²) in [5.74, 6) is 1.25. The predicted molar refractivity (Wildman–Crippen MR) is 126 cm³/mol. The van der Waals surface area contributed by atoms with Crippen molar-refractivity contribution in [1.82, 2.24) is 10.2 Å². The number of Topliss-reactive ketones (excluding diaryl/α,β-unsaturated/α-hetero) is 1. The third-order valence-corrected chi connectivity index (χ3v) is 7.51. The number of hydrogen-bond donors (Lipinski definition) is 3. The van der Waals surface area contributed by atoms with Crippen LogP contribution in [-0.4, -0.2) is 58.1 Å². The number of nitrogens with zero attached hydrogens (tertiary/aromatic N) is 1. The number of aliphatic hydroxyl groups is 1. The van der Waals surface area contributed by atoms with Gasteiger partial charge in [0, 0.05) is 24.2 Å². The fourth-order valence-electron chi connectivity index (χ4n) is 5.71. The highest BCUT2D eigenvalue weighted by Crippen LogP contribution is 2.38. The zero-order chi connectivity index (χ0) is 23.3. The fraction of sp³-hybridized carbons (Fsp3) is 0.692. The summed E-state index contributed by atoms with van der Waals surface area (Å²) in [6.07, 6.45) is 7.06. The number of amides is 1. The van der Waals surface area contributed by atoms with E-state index in [0.29, 0.717) is 42.3 Å². The topological polar surface area (TPSA) is 89.9 Å². The van der Waals surface area contributed by atoms with Crippen molar-refractivity contribution in [2.75, 3.05) is 13.1 Å². The van der Waals surface area contributed by atoms with Gasteiger partial charge in [-0.3, -0.25) is 14.5 Å². The lowest BCUT2D eigenvalue weighted by Crippen LogP contribution is -2.56. The zero-order valence-electron chi connectivity index (χ0n) is 19.8. The Morgan fingerprint density at radius 3 is 2.56 bits per heavy atom. The van der Waals surface area contributed by atoms with E-state index in [0.717, 1.165) is 19.4 Å². The number of ketones is 1. The van der Waals surface area contributed by atoms with Gasteiger partial charge in [-0.1, -0.05) is 45.6 Å². The lowest BCUT2D eigenvalue weighted by molar-refractivity contribution is -0.126. The molecule has 6 heteroatoms. The number of benzene rings is 1. The second-order valence-electron chi connectivity index (χ2n) is 9.73. The van der Waals surface area contributed by atoms with Crippen LogP contribution < -0.4 is 5.32 Å². The maximum Gasteiger partial charge on any atom is 0.252 e. The lowest BCUT2D eigenvalue weighted by atomic mass is 9.72. The molecule has 1 aliphatic carbocycles. The minimum absolute atomic E-state index is 0.132. The Morgan fingerprint density at radius 1 is 1.19 bits per heavy atom. The summed E-state index contributed by atoms with van der Waals surface area (Å²) in [6, 6.07) is 4.44. The monoisotopic (exact) mass is 444 g/mol. The average molecular weight is 445 g/mol. The molecule has 1 aliphatic heterocycles. The van der Waals surface area contributed by atoms with E-state index >= 15 is 0 Å². The second kappa shape index (κ2) is 11.3. The van der Waals surface area contributed by atoms with Crippen LogP contribution in [0, 0.1) is 11.8 Å². The number of piperidine rings is 1. The fourth-order valence-corrected chi connectivity index (χ4v) is 5.71. The first-order valence-corrected chi connectivity index (χ1v) is 12.4. The Bertz CT molecular complexity index is 796. The van der Waals surface area contributed by atoms with Crippen molar-refractivity contribution >= 4 is 11.7 Å². The van der Waals surface area contributed by atoms with Crippen molar-refractivity contribution in [3.8, 4) is 5.75 Å². The van der Waals surface area contributed by atoms with Gasteiger partial charge in [0.05, 0.1) is 18.2 Å². The van der Waals surface area contributed by atoms with Crippen LogP contribution in [0.2, 0.25) is 0 Å². The number of phenolic OH excluding ortho intramolecular Hbond substituents is 1. The van der Waals surface area contributed by atoms with Gasteiger partial charge in [0.15, 0.2) is 0 Å². The Morgan fingerprint density at radius 2 is 1.91 bits per heavy atom. The van der Waals surface area contributed by atoms with Crippen molar-refractivity contribution in [2.24, 2.45) is 11.8 Å². The number of carbonyl (C=O) groups is 2. The first-order chi connectivity index (χ1) is 15.3. The van der Waals surface area contributed by atoms with Crippen LogP contribution in [0.25, 0.3) is 0 Å². The largest absolute Gasteiger partial charge is 0.508 e. The molecule has 0 radical (unpaired) electrons. The highest BCUT2D eigenvalue weighted by atomic mass is 16.3. The molecule has 1 amide bonds.